The molecule has 0 radical (unpaired) electrons. The molecule has 0 fully saturated rings. The summed E-state index contributed by atoms with van der Waals surface area (Å²) in [6, 6.07) is 11.1. The number of fused-ring (bicyclic) bond motifs is 5. The van der Waals surface area contributed by atoms with Gasteiger partial charge in [0, 0.05) is 19.8 Å². The quantitative estimate of drug-likeness (QED) is 0.506. The lowest BCUT2D eigenvalue weighted by Crippen LogP contribution is -2.42. The Bertz CT molecular complexity index is 934. The Balaban J connectivity index is 0.000000242. The summed E-state index contributed by atoms with van der Waals surface area (Å²) < 4.78 is 18.8. The van der Waals surface area contributed by atoms with E-state index in [9.17, 15) is 14.3 Å². The van der Waals surface area contributed by atoms with Gasteiger partial charge in [-0.2, -0.15) is 0 Å². The van der Waals surface area contributed by atoms with Crippen molar-refractivity contribution < 1.29 is 19.0 Å². The third-order valence-electron chi connectivity index (χ3n) is 5.20. The fraction of sp³-hybridized carbons (Fsp3) is 0.435. The fourth-order valence-corrected chi connectivity index (χ4v) is 4.73. The van der Waals surface area contributed by atoms with Gasteiger partial charge in [-0.3, -0.25) is 4.79 Å². The Kier molecular flexibility index (Phi) is 5.10. The summed E-state index contributed by atoms with van der Waals surface area (Å²) in [5.74, 6) is -0.491. The van der Waals surface area contributed by atoms with Crippen molar-refractivity contribution in [1.29, 1.82) is 0 Å². The lowest BCUT2D eigenvalue weighted by atomic mass is 9.87. The minimum absolute atomic E-state index is 0.225. The Morgan fingerprint density at radius 2 is 1.75 bits per heavy atom. The molecule has 4 rings (SSSR count). The molecule has 2 aliphatic carbocycles. The number of hydrogen-bond acceptors (Lipinski definition) is 3. The highest BCUT2D eigenvalue weighted by molar-refractivity contribution is 6.28. The van der Waals surface area contributed by atoms with Gasteiger partial charge in [0.15, 0.2) is 0 Å². The summed E-state index contributed by atoms with van der Waals surface area (Å²) in [5.41, 5.74) is 2.85. The van der Waals surface area contributed by atoms with Gasteiger partial charge in [-0.05, 0) is 61.6 Å². The molecule has 0 saturated heterocycles. The predicted molar refractivity (Wildman–Crippen MR) is 108 cm³/mol. The van der Waals surface area contributed by atoms with E-state index in [0.29, 0.717) is 18.4 Å². The molecule has 150 valence electrons. The van der Waals surface area contributed by atoms with E-state index in [-0.39, 0.29) is 17.4 Å². The van der Waals surface area contributed by atoms with Crippen molar-refractivity contribution in [1.82, 2.24) is 0 Å². The molecular weight excluding hydrogens is 379 g/mol. The maximum Gasteiger partial charge on any atom is 0.303 e. The average Bonchev–Trinajstić information content (AvgIpc) is 2.89. The first-order chi connectivity index (χ1) is 12.9. The zero-order valence-corrected chi connectivity index (χ0v) is 17.7. The second-order valence-corrected chi connectivity index (χ2v) is 9.23. The zero-order chi connectivity index (χ0) is 20.9. The smallest absolute Gasteiger partial charge is 0.303 e. The van der Waals surface area contributed by atoms with Crippen molar-refractivity contribution >= 4 is 17.6 Å². The van der Waals surface area contributed by atoms with Crippen LogP contribution < -0.4 is 0 Å². The summed E-state index contributed by atoms with van der Waals surface area (Å²) in [5, 5.41) is 11.1. The maximum atomic E-state index is 14.0. The molecule has 2 aromatic rings. The van der Waals surface area contributed by atoms with E-state index in [0.717, 1.165) is 22.3 Å². The zero-order valence-electron chi connectivity index (χ0n) is 16.9. The van der Waals surface area contributed by atoms with E-state index in [1.54, 1.807) is 6.92 Å². The lowest BCUT2D eigenvalue weighted by molar-refractivity contribution is -0.151. The number of esters is 1. The van der Waals surface area contributed by atoms with Crippen LogP contribution in [0.15, 0.2) is 36.4 Å². The molecule has 0 aliphatic heterocycles. The largest absolute Gasteiger partial charge is 0.460 e. The molecule has 0 heterocycles. The summed E-state index contributed by atoms with van der Waals surface area (Å²) in [7, 11) is 0. The van der Waals surface area contributed by atoms with Crippen LogP contribution in [-0.2, 0) is 27.2 Å². The van der Waals surface area contributed by atoms with Crippen molar-refractivity contribution in [3.8, 4) is 0 Å². The molecule has 5 heteroatoms. The Hall–Kier alpha value is -1.91. The second kappa shape index (κ2) is 6.85. The third-order valence-corrected chi connectivity index (χ3v) is 5.96. The van der Waals surface area contributed by atoms with Crippen LogP contribution >= 0.6 is 11.6 Å². The first-order valence-electron chi connectivity index (χ1n) is 9.36. The van der Waals surface area contributed by atoms with Crippen molar-refractivity contribution in [3.05, 3.63) is 70.0 Å². The van der Waals surface area contributed by atoms with Crippen LogP contribution in [0.5, 0.6) is 0 Å². The Morgan fingerprint density at radius 3 is 2.32 bits per heavy atom. The van der Waals surface area contributed by atoms with Gasteiger partial charge in [0.2, 0.25) is 0 Å². The van der Waals surface area contributed by atoms with E-state index >= 15 is 0 Å². The van der Waals surface area contributed by atoms with E-state index in [1.807, 2.05) is 51.1 Å². The van der Waals surface area contributed by atoms with Gasteiger partial charge in [0.1, 0.15) is 21.9 Å². The number of halogens is 2. The molecule has 0 saturated carbocycles. The van der Waals surface area contributed by atoms with Gasteiger partial charge in [0.25, 0.3) is 0 Å². The van der Waals surface area contributed by atoms with E-state index in [2.05, 4.69) is 0 Å². The highest BCUT2D eigenvalue weighted by Gasteiger charge is 2.61. The maximum absolute atomic E-state index is 14.0. The molecule has 2 unspecified atom stereocenters. The number of rotatable bonds is 0. The lowest BCUT2D eigenvalue weighted by Gasteiger charge is -2.32. The minimum Gasteiger partial charge on any atom is -0.460 e. The van der Waals surface area contributed by atoms with Gasteiger partial charge in [-0.25, -0.2) is 4.39 Å². The van der Waals surface area contributed by atoms with Crippen LogP contribution in [0.1, 0.15) is 55.5 Å². The summed E-state index contributed by atoms with van der Waals surface area (Å²) >= 11 is 6.88. The summed E-state index contributed by atoms with van der Waals surface area (Å²) in [6.07, 6.45) is 0.990. The van der Waals surface area contributed by atoms with Crippen molar-refractivity contribution in [2.24, 2.45) is 0 Å². The molecule has 3 nitrogen and oxygen atoms in total. The summed E-state index contributed by atoms with van der Waals surface area (Å²) in [4.78, 5) is 9.22. The fourth-order valence-electron chi connectivity index (χ4n) is 4.23. The molecule has 2 aromatic carbocycles. The van der Waals surface area contributed by atoms with Crippen LogP contribution in [0.25, 0.3) is 0 Å². The van der Waals surface area contributed by atoms with E-state index in [1.165, 1.54) is 13.0 Å². The van der Waals surface area contributed by atoms with Crippen LogP contribution in [0.3, 0.4) is 0 Å². The molecule has 1 N–H and O–H groups in total. The number of alkyl halides is 1. The van der Waals surface area contributed by atoms with Gasteiger partial charge in [-0.1, -0.05) is 30.3 Å². The number of hydrogen-bond donors (Lipinski definition) is 1. The SMILES string of the molecule is CC(=O)OC(C)(C)C.Cc1cc2c(cc1F)C1(Cl)c3ccccc3CC1(O)C2. The second-order valence-electron chi connectivity index (χ2n) is 8.67. The normalized spacial score (nSPS) is 24.6. The van der Waals surface area contributed by atoms with Gasteiger partial charge in [-0.15, -0.1) is 11.6 Å². The first-order valence-corrected chi connectivity index (χ1v) is 9.74. The molecular formula is C23H26ClFO3. The number of aliphatic hydroxyl groups is 1. The topological polar surface area (TPSA) is 46.5 Å². The molecule has 0 aromatic heterocycles. The monoisotopic (exact) mass is 404 g/mol. The standard InChI is InChI=1S/C17H14ClFO.C6H12O2/c1-10-6-12-9-16(20)8-11-4-2-3-5-13(11)17(16,18)14(12)7-15(10)19;1-5(7)8-6(2,3)4/h2-7,20H,8-9H2,1H3;1-4H3. The number of carbonyl (C=O) groups is 1. The van der Waals surface area contributed by atoms with Crippen LogP contribution in [0.4, 0.5) is 4.39 Å². The number of benzene rings is 2. The Morgan fingerprint density at radius 1 is 1.14 bits per heavy atom. The number of carbonyl (C=O) groups excluding carboxylic acids is 1. The Labute approximate surface area is 170 Å². The van der Waals surface area contributed by atoms with Crippen LogP contribution in [0, 0.1) is 12.7 Å². The van der Waals surface area contributed by atoms with Crippen molar-refractivity contribution in [3.63, 3.8) is 0 Å². The molecule has 0 bridgehead atoms. The van der Waals surface area contributed by atoms with Gasteiger partial charge >= 0.3 is 5.97 Å². The molecule has 2 atom stereocenters. The first kappa shape index (κ1) is 20.8. The summed E-state index contributed by atoms with van der Waals surface area (Å²) in [6.45, 7) is 8.67. The average molecular weight is 405 g/mol. The molecule has 28 heavy (non-hydrogen) atoms. The van der Waals surface area contributed by atoms with E-state index in [4.69, 9.17) is 16.3 Å². The van der Waals surface area contributed by atoms with Gasteiger partial charge < -0.3 is 9.84 Å². The molecule has 0 amide bonds. The minimum atomic E-state index is -1.05. The predicted octanol–water partition coefficient (Wildman–Crippen LogP) is 4.81. The van der Waals surface area contributed by atoms with Crippen LogP contribution in [0.2, 0.25) is 0 Å². The highest BCUT2D eigenvalue weighted by atomic mass is 35.5. The van der Waals surface area contributed by atoms with Crippen molar-refractivity contribution in [2.45, 2.75) is 63.5 Å². The highest BCUT2D eigenvalue weighted by Crippen LogP contribution is 2.59. The molecule has 0 spiro atoms. The number of ether oxygens (including phenoxy) is 1. The number of aryl methyl sites for hydroxylation is 1. The van der Waals surface area contributed by atoms with Crippen LogP contribution in [-0.4, -0.2) is 22.3 Å². The van der Waals surface area contributed by atoms with Gasteiger partial charge in [0.05, 0.1) is 0 Å². The third kappa shape index (κ3) is 3.44. The van der Waals surface area contributed by atoms with E-state index < -0.39 is 10.5 Å². The van der Waals surface area contributed by atoms with Crippen molar-refractivity contribution in [2.75, 3.05) is 0 Å². The molecule has 2 aliphatic rings.